The van der Waals surface area contributed by atoms with E-state index in [1.54, 1.807) is 0 Å². The average Bonchev–Trinajstić information content (AvgIpc) is 2.24. The molecule has 4 nitrogen and oxygen atoms in total. The number of rotatable bonds is 9. The normalized spacial score (nSPS) is 12.9. The van der Waals surface area contributed by atoms with Crippen molar-refractivity contribution in [2.24, 2.45) is 5.16 Å². The molecule has 0 amide bonds. The third kappa shape index (κ3) is 13.3. The van der Waals surface area contributed by atoms with Gasteiger partial charge >= 0.3 is 0 Å². The van der Waals surface area contributed by atoms with Gasteiger partial charge in [-0.05, 0) is 47.0 Å². The second-order valence-corrected chi connectivity index (χ2v) is 5.18. The molecule has 0 spiro atoms. The first-order valence-electron chi connectivity index (χ1n) is 6.36. The molecular formula is C13H27NO3. The second kappa shape index (κ2) is 9.42. The fraction of sp³-hybridized carbons (Fsp3) is 0.923. The van der Waals surface area contributed by atoms with Crippen LogP contribution in [0, 0.1) is 0 Å². The van der Waals surface area contributed by atoms with Gasteiger partial charge in [0, 0.05) is 19.6 Å². The Hall–Kier alpha value is -0.610. The Kier molecular flexibility index (Phi) is 9.09. The lowest BCUT2D eigenvalue weighted by Crippen LogP contribution is -2.16. The van der Waals surface area contributed by atoms with Crippen LogP contribution in [0.25, 0.3) is 0 Å². The van der Waals surface area contributed by atoms with Crippen LogP contribution in [-0.4, -0.2) is 36.2 Å². The highest BCUT2D eigenvalue weighted by Gasteiger charge is 2.09. The molecule has 0 aromatic carbocycles. The molecule has 0 unspecified atom stereocenters. The highest BCUT2D eigenvalue weighted by Crippen LogP contribution is 2.07. The van der Waals surface area contributed by atoms with Crippen molar-refractivity contribution in [2.45, 2.75) is 59.0 Å². The van der Waals surface area contributed by atoms with E-state index in [1.165, 1.54) is 0 Å². The molecule has 0 radical (unpaired) electrons. The topological polar surface area (TPSA) is 51.0 Å². The molecule has 0 saturated heterocycles. The van der Waals surface area contributed by atoms with Gasteiger partial charge in [-0.1, -0.05) is 5.16 Å². The summed E-state index contributed by atoms with van der Waals surface area (Å²) in [6.45, 7) is 9.58. The fourth-order valence-corrected chi connectivity index (χ4v) is 1.08. The van der Waals surface area contributed by atoms with Crippen molar-refractivity contribution in [1.29, 1.82) is 0 Å². The van der Waals surface area contributed by atoms with Crippen LogP contribution in [0.4, 0.5) is 0 Å². The van der Waals surface area contributed by atoms with E-state index < -0.39 is 0 Å². The summed E-state index contributed by atoms with van der Waals surface area (Å²) in [5.41, 5.74) is 0.724. The number of unbranched alkanes of at least 4 members (excludes halogenated alkanes) is 2. The Morgan fingerprint density at radius 1 is 1.12 bits per heavy atom. The molecule has 0 fully saturated rings. The van der Waals surface area contributed by atoms with Crippen LogP contribution in [0.5, 0.6) is 0 Å². The van der Waals surface area contributed by atoms with Crippen LogP contribution in [0.15, 0.2) is 5.16 Å². The van der Waals surface area contributed by atoms with E-state index in [1.807, 2.05) is 27.7 Å². The number of ether oxygens (including phenoxy) is 1. The number of hydrogen-bond donors (Lipinski definition) is 1. The maximum atomic E-state index is 8.60. The van der Waals surface area contributed by atoms with E-state index >= 15 is 0 Å². The van der Waals surface area contributed by atoms with Crippen molar-refractivity contribution in [3.05, 3.63) is 0 Å². The van der Waals surface area contributed by atoms with Gasteiger partial charge in [-0.15, -0.1) is 0 Å². The highest BCUT2D eigenvalue weighted by atomic mass is 16.6. The zero-order chi connectivity index (χ0) is 13.1. The molecule has 0 aliphatic rings. The van der Waals surface area contributed by atoms with Crippen LogP contribution in [0.3, 0.4) is 0 Å². The summed E-state index contributed by atoms with van der Waals surface area (Å²) in [5.74, 6) is 0. The van der Waals surface area contributed by atoms with E-state index in [-0.39, 0.29) is 12.2 Å². The molecule has 17 heavy (non-hydrogen) atoms. The minimum absolute atomic E-state index is 0.230. The summed E-state index contributed by atoms with van der Waals surface area (Å²) < 4.78 is 5.46. The average molecular weight is 245 g/mol. The van der Waals surface area contributed by atoms with E-state index in [2.05, 4.69) is 5.16 Å². The summed E-state index contributed by atoms with van der Waals surface area (Å²) in [6.07, 6.45) is 3.70. The van der Waals surface area contributed by atoms with Crippen molar-refractivity contribution in [3.8, 4) is 0 Å². The highest BCUT2D eigenvalue weighted by molar-refractivity contribution is 5.81. The lowest BCUT2D eigenvalue weighted by Gasteiger charge is -2.16. The molecule has 0 heterocycles. The van der Waals surface area contributed by atoms with Crippen molar-refractivity contribution >= 4 is 5.71 Å². The lowest BCUT2D eigenvalue weighted by atomic mass is 10.2. The molecule has 0 bridgehead atoms. The maximum Gasteiger partial charge on any atom is 0.129 e. The van der Waals surface area contributed by atoms with Gasteiger partial charge in [0.1, 0.15) is 5.60 Å². The molecule has 4 heteroatoms. The van der Waals surface area contributed by atoms with Crippen molar-refractivity contribution < 1.29 is 14.7 Å². The predicted molar refractivity (Wildman–Crippen MR) is 70.3 cm³/mol. The van der Waals surface area contributed by atoms with Crippen LogP contribution in [0.1, 0.15) is 53.4 Å². The lowest BCUT2D eigenvalue weighted by molar-refractivity contribution is 0.000104. The van der Waals surface area contributed by atoms with Gasteiger partial charge in [-0.25, -0.2) is 0 Å². The van der Waals surface area contributed by atoms with Crippen LogP contribution >= 0.6 is 0 Å². The number of oxime groups is 1. The summed E-state index contributed by atoms with van der Waals surface area (Å²) in [7, 11) is 0. The van der Waals surface area contributed by atoms with Gasteiger partial charge in [-0.3, -0.25) is 0 Å². The van der Waals surface area contributed by atoms with Crippen LogP contribution in [0.2, 0.25) is 0 Å². The Morgan fingerprint density at radius 3 is 2.41 bits per heavy atom. The van der Waals surface area contributed by atoms with Gasteiger partial charge in [0.25, 0.3) is 0 Å². The van der Waals surface area contributed by atoms with Crippen LogP contribution < -0.4 is 0 Å². The maximum absolute atomic E-state index is 8.60. The first-order valence-corrected chi connectivity index (χ1v) is 6.36. The quantitative estimate of drug-likeness (QED) is 0.386. The van der Waals surface area contributed by atoms with E-state index in [0.29, 0.717) is 6.61 Å². The molecule has 0 aliphatic carbocycles. The standard InChI is InChI=1S/C13H27NO3/c1-12(14-17-13(2,3)4)8-11-16-10-7-5-6-9-15/h15H,5-11H2,1-4H3. The molecule has 102 valence electrons. The minimum Gasteiger partial charge on any atom is -0.396 e. The first kappa shape index (κ1) is 16.4. The SMILES string of the molecule is CC(CCOCCCCCO)=NOC(C)(C)C. The van der Waals surface area contributed by atoms with Crippen molar-refractivity contribution in [2.75, 3.05) is 19.8 Å². The van der Waals surface area contributed by atoms with Gasteiger partial charge < -0.3 is 14.7 Å². The minimum atomic E-state index is -0.230. The van der Waals surface area contributed by atoms with Gasteiger partial charge in [0.05, 0.1) is 12.3 Å². The molecular weight excluding hydrogens is 218 g/mol. The third-order valence-electron chi connectivity index (χ3n) is 2.03. The Balaban J connectivity index is 3.42. The van der Waals surface area contributed by atoms with Crippen molar-refractivity contribution in [3.63, 3.8) is 0 Å². The van der Waals surface area contributed by atoms with Gasteiger partial charge in [0.15, 0.2) is 0 Å². The number of aliphatic hydroxyl groups excluding tert-OH is 1. The third-order valence-corrected chi connectivity index (χ3v) is 2.03. The van der Waals surface area contributed by atoms with Gasteiger partial charge in [-0.2, -0.15) is 0 Å². The Bertz CT molecular complexity index is 209. The van der Waals surface area contributed by atoms with E-state index in [0.717, 1.165) is 38.0 Å². The smallest absolute Gasteiger partial charge is 0.129 e. The zero-order valence-electron chi connectivity index (χ0n) is 11.7. The largest absolute Gasteiger partial charge is 0.396 e. The summed E-state index contributed by atoms with van der Waals surface area (Å²) >= 11 is 0. The number of hydrogen-bond acceptors (Lipinski definition) is 4. The van der Waals surface area contributed by atoms with Crippen LogP contribution in [-0.2, 0) is 9.57 Å². The summed E-state index contributed by atoms with van der Waals surface area (Å²) in [5, 5.41) is 12.6. The second-order valence-electron chi connectivity index (χ2n) is 5.18. The first-order chi connectivity index (χ1) is 7.95. The molecule has 1 N–H and O–H groups in total. The Labute approximate surface area is 105 Å². The molecule has 0 saturated carbocycles. The molecule has 0 aromatic heterocycles. The zero-order valence-corrected chi connectivity index (χ0v) is 11.7. The molecule has 0 atom stereocenters. The Morgan fingerprint density at radius 2 is 1.82 bits per heavy atom. The summed E-state index contributed by atoms with van der Waals surface area (Å²) in [6, 6.07) is 0. The molecule has 0 aromatic rings. The summed E-state index contributed by atoms with van der Waals surface area (Å²) in [4.78, 5) is 5.31. The van der Waals surface area contributed by atoms with Gasteiger partial charge in [0.2, 0.25) is 0 Å². The van der Waals surface area contributed by atoms with E-state index in [9.17, 15) is 0 Å². The molecule has 0 aliphatic heterocycles. The van der Waals surface area contributed by atoms with Crippen molar-refractivity contribution in [1.82, 2.24) is 0 Å². The number of nitrogens with zero attached hydrogens (tertiary/aromatic N) is 1. The predicted octanol–water partition coefficient (Wildman–Crippen LogP) is 2.75. The fourth-order valence-electron chi connectivity index (χ4n) is 1.08. The molecule has 0 rings (SSSR count). The number of aliphatic hydroxyl groups is 1. The van der Waals surface area contributed by atoms with E-state index in [4.69, 9.17) is 14.7 Å². The monoisotopic (exact) mass is 245 g/mol.